The summed E-state index contributed by atoms with van der Waals surface area (Å²) in [4.78, 5) is 4.63. The molecule has 0 amide bonds. The number of methoxy groups -OCH3 is 1. The molecule has 28 heavy (non-hydrogen) atoms. The Kier molecular flexibility index (Phi) is 5.25. The van der Waals surface area contributed by atoms with Gasteiger partial charge in [-0.1, -0.05) is 23.9 Å². The van der Waals surface area contributed by atoms with Crippen molar-refractivity contribution in [2.75, 3.05) is 12.9 Å². The Morgan fingerprint density at radius 2 is 2.11 bits per heavy atom. The molecule has 144 valence electrons. The maximum absolute atomic E-state index is 5.50. The second-order valence-electron chi connectivity index (χ2n) is 6.50. The van der Waals surface area contributed by atoms with E-state index in [1.54, 1.807) is 25.1 Å². The van der Waals surface area contributed by atoms with E-state index in [1.807, 2.05) is 36.4 Å². The Bertz CT molecular complexity index is 1030. The van der Waals surface area contributed by atoms with E-state index in [9.17, 15) is 0 Å². The molecule has 0 saturated heterocycles. The van der Waals surface area contributed by atoms with Gasteiger partial charge in [0.05, 0.1) is 25.6 Å². The third kappa shape index (κ3) is 3.71. The first-order valence-corrected chi connectivity index (χ1v) is 10.0. The van der Waals surface area contributed by atoms with Crippen LogP contribution in [-0.4, -0.2) is 28.3 Å². The van der Waals surface area contributed by atoms with Crippen molar-refractivity contribution in [3.8, 4) is 5.75 Å². The molecule has 3 aromatic rings. The van der Waals surface area contributed by atoms with E-state index in [0.29, 0.717) is 0 Å². The number of nitrogens with zero attached hydrogens (tertiary/aromatic N) is 3. The second kappa shape index (κ2) is 7.98. The summed E-state index contributed by atoms with van der Waals surface area (Å²) in [5.41, 5.74) is 8.41. The van der Waals surface area contributed by atoms with Crippen molar-refractivity contribution in [1.29, 1.82) is 0 Å². The van der Waals surface area contributed by atoms with Crippen molar-refractivity contribution in [1.82, 2.24) is 9.99 Å². The molecule has 1 aliphatic heterocycles. The first-order chi connectivity index (χ1) is 13.7. The Labute approximate surface area is 168 Å². The van der Waals surface area contributed by atoms with E-state index in [0.717, 1.165) is 45.9 Å². The molecule has 0 radical (unpaired) electrons. The van der Waals surface area contributed by atoms with Gasteiger partial charge in [0.15, 0.2) is 5.17 Å². The van der Waals surface area contributed by atoms with Gasteiger partial charge < -0.3 is 13.7 Å². The molecule has 0 spiro atoms. The predicted octanol–water partition coefficient (Wildman–Crippen LogP) is 4.48. The zero-order valence-electron chi connectivity index (χ0n) is 16.1. The van der Waals surface area contributed by atoms with Crippen molar-refractivity contribution in [2.24, 2.45) is 10.1 Å². The van der Waals surface area contributed by atoms with Crippen LogP contribution in [0.5, 0.6) is 5.75 Å². The number of para-hydroxylation sites is 2. The van der Waals surface area contributed by atoms with Gasteiger partial charge in [0, 0.05) is 22.7 Å². The lowest BCUT2D eigenvalue weighted by atomic mass is 10.1. The summed E-state index contributed by atoms with van der Waals surface area (Å²) in [5.74, 6) is 2.44. The number of rotatable bonds is 5. The number of aromatic nitrogens is 1. The van der Waals surface area contributed by atoms with Crippen molar-refractivity contribution in [3.05, 3.63) is 71.4 Å². The van der Waals surface area contributed by atoms with Gasteiger partial charge in [-0.15, -0.1) is 0 Å². The van der Waals surface area contributed by atoms with E-state index in [-0.39, 0.29) is 0 Å². The SMILES string of the molecule is COc1ccccc1N=C1NN=C(c2cc(C)n(Cc3ccco3)c2C)CS1. The lowest BCUT2D eigenvalue weighted by Crippen LogP contribution is -2.25. The van der Waals surface area contributed by atoms with Crippen molar-refractivity contribution < 1.29 is 9.15 Å². The van der Waals surface area contributed by atoms with Crippen LogP contribution in [0.4, 0.5) is 5.69 Å². The summed E-state index contributed by atoms with van der Waals surface area (Å²) in [6.07, 6.45) is 1.71. The molecule has 2 aromatic heterocycles. The van der Waals surface area contributed by atoms with Gasteiger partial charge in [0.25, 0.3) is 0 Å². The third-order valence-corrected chi connectivity index (χ3v) is 5.59. The summed E-state index contributed by atoms with van der Waals surface area (Å²) in [7, 11) is 1.65. The number of hydrogen-bond acceptors (Lipinski definition) is 5. The van der Waals surface area contributed by atoms with E-state index in [4.69, 9.17) is 9.15 Å². The summed E-state index contributed by atoms with van der Waals surface area (Å²) >= 11 is 1.63. The number of thioether (sulfide) groups is 1. The number of aliphatic imine (C=N–C) groups is 1. The fourth-order valence-electron chi connectivity index (χ4n) is 3.24. The van der Waals surface area contributed by atoms with Gasteiger partial charge in [0.2, 0.25) is 0 Å². The average Bonchev–Trinajstić information content (AvgIpc) is 3.33. The molecule has 0 atom stereocenters. The fourth-order valence-corrected chi connectivity index (χ4v) is 4.00. The quantitative estimate of drug-likeness (QED) is 0.693. The minimum atomic E-state index is 0.721. The molecule has 0 bridgehead atoms. The molecule has 3 heterocycles. The van der Waals surface area contributed by atoms with Crippen LogP contribution in [0.1, 0.15) is 22.7 Å². The number of benzene rings is 1. The predicted molar refractivity (Wildman–Crippen MR) is 114 cm³/mol. The molecular weight excluding hydrogens is 372 g/mol. The van der Waals surface area contributed by atoms with E-state index in [2.05, 4.69) is 40.0 Å². The van der Waals surface area contributed by atoms with Gasteiger partial charge in [-0.25, -0.2) is 4.99 Å². The normalized spacial score (nSPS) is 15.4. The van der Waals surface area contributed by atoms with Gasteiger partial charge in [0.1, 0.15) is 17.2 Å². The molecule has 7 heteroatoms. The Hall–Kier alpha value is -2.93. The van der Waals surface area contributed by atoms with Gasteiger partial charge >= 0.3 is 0 Å². The van der Waals surface area contributed by atoms with E-state index >= 15 is 0 Å². The van der Waals surface area contributed by atoms with Crippen molar-refractivity contribution >= 4 is 28.3 Å². The maximum atomic E-state index is 5.50. The highest BCUT2D eigenvalue weighted by Gasteiger charge is 2.19. The Morgan fingerprint density at radius 3 is 2.82 bits per heavy atom. The molecule has 0 unspecified atom stereocenters. The number of nitrogens with one attached hydrogen (secondary N) is 1. The number of amidine groups is 1. The lowest BCUT2D eigenvalue weighted by Gasteiger charge is -2.15. The number of hydrogen-bond donors (Lipinski definition) is 1. The third-order valence-electron chi connectivity index (χ3n) is 4.72. The first-order valence-electron chi connectivity index (χ1n) is 9.02. The van der Waals surface area contributed by atoms with E-state index in [1.165, 1.54) is 11.4 Å². The Morgan fingerprint density at radius 1 is 1.25 bits per heavy atom. The minimum absolute atomic E-state index is 0.721. The smallest absolute Gasteiger partial charge is 0.182 e. The van der Waals surface area contributed by atoms with Crippen molar-refractivity contribution in [2.45, 2.75) is 20.4 Å². The van der Waals surface area contributed by atoms with Crippen LogP contribution in [0.25, 0.3) is 0 Å². The number of aryl methyl sites for hydroxylation is 1. The highest BCUT2D eigenvalue weighted by Crippen LogP contribution is 2.28. The maximum Gasteiger partial charge on any atom is 0.182 e. The second-order valence-corrected chi connectivity index (χ2v) is 7.46. The zero-order valence-corrected chi connectivity index (χ0v) is 16.9. The number of furan rings is 1. The first kappa shape index (κ1) is 18.4. The fraction of sp³-hybridized carbons (Fsp3) is 0.238. The summed E-state index contributed by atoms with van der Waals surface area (Å²) in [6.45, 7) is 4.95. The molecule has 0 fully saturated rings. The molecule has 6 nitrogen and oxygen atoms in total. The topological polar surface area (TPSA) is 64.0 Å². The largest absolute Gasteiger partial charge is 0.494 e. The lowest BCUT2D eigenvalue weighted by molar-refractivity contribution is 0.416. The van der Waals surface area contributed by atoms with Crippen LogP contribution in [0.3, 0.4) is 0 Å². The van der Waals surface area contributed by atoms with Gasteiger partial charge in [-0.05, 0) is 44.2 Å². The van der Waals surface area contributed by atoms with Crippen LogP contribution in [0.2, 0.25) is 0 Å². The molecule has 1 aliphatic rings. The molecular formula is C21H22N4O2S. The highest BCUT2D eigenvalue weighted by atomic mass is 32.2. The van der Waals surface area contributed by atoms with E-state index < -0.39 is 0 Å². The van der Waals surface area contributed by atoms with Gasteiger partial charge in [-0.2, -0.15) is 5.10 Å². The molecule has 0 saturated carbocycles. The summed E-state index contributed by atoms with van der Waals surface area (Å²) in [6, 6.07) is 13.8. The highest BCUT2D eigenvalue weighted by molar-refractivity contribution is 8.14. The average molecular weight is 395 g/mol. The van der Waals surface area contributed by atoms with Crippen LogP contribution in [0.15, 0.2) is 63.2 Å². The summed E-state index contributed by atoms with van der Waals surface area (Å²) < 4.78 is 13.1. The molecule has 4 rings (SSSR count). The Balaban J connectivity index is 1.55. The van der Waals surface area contributed by atoms with Gasteiger partial charge in [-0.3, -0.25) is 5.43 Å². The zero-order chi connectivity index (χ0) is 19.5. The van der Waals surface area contributed by atoms with Crippen molar-refractivity contribution in [3.63, 3.8) is 0 Å². The molecule has 1 N–H and O–H groups in total. The standard InChI is InChI=1S/C21H22N4O2S/c1-14-11-17(15(2)25(14)12-16-7-6-10-27-16)19-13-28-21(24-23-19)22-18-8-4-5-9-20(18)26-3/h4-11H,12-13H2,1-3H3,(H,22,24). The van der Waals surface area contributed by atoms with Crippen LogP contribution in [0, 0.1) is 13.8 Å². The summed E-state index contributed by atoms with van der Waals surface area (Å²) in [5, 5.41) is 5.34. The van der Waals surface area contributed by atoms with Crippen LogP contribution in [-0.2, 0) is 6.54 Å². The minimum Gasteiger partial charge on any atom is -0.494 e. The van der Waals surface area contributed by atoms with Crippen LogP contribution >= 0.6 is 11.8 Å². The van der Waals surface area contributed by atoms with Crippen LogP contribution < -0.4 is 10.2 Å². The molecule has 0 aliphatic carbocycles. The number of ether oxygens (including phenoxy) is 1. The monoisotopic (exact) mass is 394 g/mol. The number of hydrazone groups is 1. The molecule has 1 aromatic carbocycles.